The first-order valence-corrected chi connectivity index (χ1v) is 8.25. The van der Waals surface area contributed by atoms with Gasteiger partial charge >= 0.3 is 5.97 Å². The number of carbonyl (C=O) groups is 3. The quantitative estimate of drug-likeness (QED) is 0.623. The summed E-state index contributed by atoms with van der Waals surface area (Å²) < 4.78 is 12.9. The van der Waals surface area contributed by atoms with E-state index in [4.69, 9.17) is 5.11 Å². The minimum Gasteiger partial charge on any atom is -0.480 e. The summed E-state index contributed by atoms with van der Waals surface area (Å²) in [6.07, 6.45) is 1.48. The maximum Gasteiger partial charge on any atom is 0.326 e. The summed E-state index contributed by atoms with van der Waals surface area (Å²) in [5.41, 5.74) is 0.426. The normalized spacial score (nSPS) is 11.9. The SMILES string of the molecule is CC(C)C[C@H](NC(=O)CNC(=O)c1cnn(-c2ccc(F)cc2)n1)C(=O)O. The fourth-order valence-electron chi connectivity index (χ4n) is 2.26. The van der Waals surface area contributed by atoms with E-state index in [1.807, 2.05) is 13.8 Å². The Kier molecular flexibility index (Phi) is 6.58. The number of carboxylic acid groups (broad SMARTS) is 1. The summed E-state index contributed by atoms with van der Waals surface area (Å²) in [6.45, 7) is 3.28. The van der Waals surface area contributed by atoms with Gasteiger partial charge in [-0.2, -0.15) is 9.90 Å². The van der Waals surface area contributed by atoms with E-state index < -0.39 is 36.2 Å². The number of carboxylic acids is 1. The number of nitrogens with one attached hydrogen (secondary N) is 2. The molecule has 1 aromatic heterocycles. The van der Waals surface area contributed by atoms with E-state index >= 15 is 0 Å². The maximum absolute atomic E-state index is 12.9. The molecule has 0 spiro atoms. The fraction of sp³-hybridized carbons (Fsp3) is 0.353. The van der Waals surface area contributed by atoms with Crippen LogP contribution in [0.1, 0.15) is 30.8 Å². The highest BCUT2D eigenvalue weighted by Crippen LogP contribution is 2.07. The lowest BCUT2D eigenvalue weighted by Gasteiger charge is -2.16. The third-order valence-corrected chi connectivity index (χ3v) is 3.53. The molecule has 2 aromatic rings. The number of rotatable bonds is 8. The molecule has 0 unspecified atom stereocenters. The Morgan fingerprint density at radius 1 is 1.22 bits per heavy atom. The highest BCUT2D eigenvalue weighted by atomic mass is 19.1. The molecule has 144 valence electrons. The predicted octanol–water partition coefficient (Wildman–Crippen LogP) is 0.752. The van der Waals surface area contributed by atoms with Crippen molar-refractivity contribution in [1.82, 2.24) is 25.6 Å². The highest BCUT2D eigenvalue weighted by Gasteiger charge is 2.21. The van der Waals surface area contributed by atoms with Gasteiger partial charge in [0.2, 0.25) is 5.91 Å². The smallest absolute Gasteiger partial charge is 0.326 e. The Morgan fingerprint density at radius 3 is 2.48 bits per heavy atom. The van der Waals surface area contributed by atoms with Crippen LogP contribution in [0.2, 0.25) is 0 Å². The van der Waals surface area contributed by atoms with Crippen molar-refractivity contribution in [1.29, 1.82) is 0 Å². The number of aromatic nitrogens is 3. The van der Waals surface area contributed by atoms with E-state index in [1.54, 1.807) is 0 Å². The van der Waals surface area contributed by atoms with Crippen molar-refractivity contribution in [2.45, 2.75) is 26.3 Å². The molecule has 0 saturated carbocycles. The molecular weight excluding hydrogens is 357 g/mol. The summed E-state index contributed by atoms with van der Waals surface area (Å²) in [5.74, 6) is -2.73. The van der Waals surface area contributed by atoms with Crippen molar-refractivity contribution < 1.29 is 23.9 Å². The average molecular weight is 377 g/mol. The van der Waals surface area contributed by atoms with Gasteiger partial charge in [0.25, 0.3) is 5.91 Å². The number of carbonyl (C=O) groups excluding carboxylic acids is 2. The van der Waals surface area contributed by atoms with Crippen molar-refractivity contribution in [3.8, 4) is 5.69 Å². The van der Waals surface area contributed by atoms with E-state index in [1.165, 1.54) is 30.5 Å². The van der Waals surface area contributed by atoms with Crippen LogP contribution in [0.25, 0.3) is 5.69 Å². The monoisotopic (exact) mass is 377 g/mol. The lowest BCUT2D eigenvalue weighted by atomic mass is 10.0. The molecule has 0 bridgehead atoms. The fourth-order valence-corrected chi connectivity index (χ4v) is 2.26. The van der Waals surface area contributed by atoms with Gasteiger partial charge in [0, 0.05) is 0 Å². The number of nitrogens with zero attached hydrogens (tertiary/aromatic N) is 3. The number of hydrogen-bond acceptors (Lipinski definition) is 5. The lowest BCUT2D eigenvalue weighted by Crippen LogP contribution is -2.46. The Labute approximate surface area is 154 Å². The Morgan fingerprint density at radius 2 is 1.89 bits per heavy atom. The van der Waals surface area contributed by atoms with Crippen molar-refractivity contribution >= 4 is 17.8 Å². The molecule has 1 atom stereocenters. The molecule has 0 radical (unpaired) electrons. The van der Waals surface area contributed by atoms with E-state index in [2.05, 4.69) is 20.8 Å². The average Bonchev–Trinajstić information content (AvgIpc) is 3.09. The number of hydrogen-bond donors (Lipinski definition) is 3. The van der Waals surface area contributed by atoms with Gasteiger partial charge in [-0.05, 0) is 36.6 Å². The minimum absolute atomic E-state index is 0.0379. The molecule has 0 aliphatic carbocycles. The van der Waals surface area contributed by atoms with Crippen LogP contribution in [-0.2, 0) is 9.59 Å². The molecule has 3 N–H and O–H groups in total. The van der Waals surface area contributed by atoms with Crippen molar-refractivity contribution in [3.63, 3.8) is 0 Å². The zero-order valence-corrected chi connectivity index (χ0v) is 14.8. The summed E-state index contributed by atoms with van der Waals surface area (Å²) in [5, 5.41) is 21.7. The van der Waals surface area contributed by atoms with Gasteiger partial charge in [0.15, 0.2) is 5.69 Å². The number of aliphatic carboxylic acids is 1. The molecule has 0 saturated heterocycles. The summed E-state index contributed by atoms with van der Waals surface area (Å²) in [7, 11) is 0. The Balaban J connectivity index is 1.91. The van der Waals surface area contributed by atoms with Gasteiger partial charge in [-0.1, -0.05) is 13.8 Å². The van der Waals surface area contributed by atoms with E-state index in [9.17, 15) is 18.8 Å². The standard InChI is InChI=1S/C17H20FN5O4/c1-10(2)7-13(17(26)27)21-15(24)9-19-16(25)14-8-20-23(22-14)12-5-3-11(18)4-6-12/h3-6,8,10,13H,7,9H2,1-2H3,(H,19,25)(H,21,24)(H,26,27)/t13-/m0/s1. The predicted molar refractivity (Wildman–Crippen MR) is 92.7 cm³/mol. The molecule has 27 heavy (non-hydrogen) atoms. The van der Waals surface area contributed by atoms with Crippen LogP contribution >= 0.6 is 0 Å². The molecular formula is C17H20FN5O4. The first-order valence-electron chi connectivity index (χ1n) is 8.25. The third-order valence-electron chi connectivity index (χ3n) is 3.53. The second-order valence-corrected chi connectivity index (χ2v) is 6.27. The molecule has 2 rings (SSSR count). The van der Waals surface area contributed by atoms with Gasteiger partial charge in [-0.15, -0.1) is 5.10 Å². The number of halogens is 1. The van der Waals surface area contributed by atoms with Crippen LogP contribution in [0.3, 0.4) is 0 Å². The van der Waals surface area contributed by atoms with Gasteiger partial charge in [0.1, 0.15) is 11.9 Å². The zero-order valence-electron chi connectivity index (χ0n) is 14.8. The van der Waals surface area contributed by atoms with Crippen LogP contribution in [0.15, 0.2) is 30.5 Å². The topological polar surface area (TPSA) is 126 Å². The van der Waals surface area contributed by atoms with Crippen LogP contribution in [0.5, 0.6) is 0 Å². The Bertz CT molecular complexity index is 819. The molecule has 0 aliphatic heterocycles. The van der Waals surface area contributed by atoms with Crippen molar-refractivity contribution in [3.05, 3.63) is 42.0 Å². The first-order chi connectivity index (χ1) is 12.8. The van der Waals surface area contributed by atoms with Crippen LogP contribution in [0, 0.1) is 11.7 Å². The van der Waals surface area contributed by atoms with Crippen LogP contribution in [0.4, 0.5) is 4.39 Å². The van der Waals surface area contributed by atoms with Crippen LogP contribution < -0.4 is 10.6 Å². The van der Waals surface area contributed by atoms with Gasteiger partial charge < -0.3 is 15.7 Å². The number of benzene rings is 1. The largest absolute Gasteiger partial charge is 0.480 e. The zero-order chi connectivity index (χ0) is 20.0. The molecule has 0 aliphatic rings. The first kappa shape index (κ1) is 20.0. The van der Waals surface area contributed by atoms with Crippen molar-refractivity contribution in [2.75, 3.05) is 6.54 Å². The molecule has 2 amide bonds. The van der Waals surface area contributed by atoms with Crippen LogP contribution in [-0.4, -0.2) is 50.5 Å². The number of amides is 2. The van der Waals surface area contributed by atoms with Crippen molar-refractivity contribution in [2.24, 2.45) is 5.92 Å². The Hall–Kier alpha value is -3.30. The highest BCUT2D eigenvalue weighted by molar-refractivity contribution is 5.95. The van der Waals surface area contributed by atoms with Gasteiger partial charge in [0.05, 0.1) is 18.4 Å². The summed E-state index contributed by atoms with van der Waals surface area (Å²) in [6, 6.07) is 4.35. The lowest BCUT2D eigenvalue weighted by molar-refractivity contribution is -0.142. The van der Waals surface area contributed by atoms with E-state index in [-0.39, 0.29) is 18.0 Å². The second-order valence-electron chi connectivity index (χ2n) is 6.27. The second kappa shape index (κ2) is 8.88. The minimum atomic E-state index is -1.13. The molecule has 10 heteroatoms. The molecule has 9 nitrogen and oxygen atoms in total. The molecule has 0 fully saturated rings. The molecule has 1 heterocycles. The molecule has 1 aromatic carbocycles. The van der Waals surface area contributed by atoms with E-state index in [0.29, 0.717) is 5.69 Å². The van der Waals surface area contributed by atoms with Gasteiger partial charge in [-0.3, -0.25) is 9.59 Å². The van der Waals surface area contributed by atoms with E-state index in [0.717, 1.165) is 4.80 Å². The third kappa shape index (κ3) is 5.87. The maximum atomic E-state index is 12.9. The summed E-state index contributed by atoms with van der Waals surface area (Å²) in [4.78, 5) is 36.2. The summed E-state index contributed by atoms with van der Waals surface area (Å²) >= 11 is 0. The van der Waals surface area contributed by atoms with Gasteiger partial charge in [-0.25, -0.2) is 9.18 Å².